The van der Waals surface area contributed by atoms with Crippen LogP contribution in [-0.2, 0) is 11.3 Å². The molecule has 0 unspecified atom stereocenters. The quantitative estimate of drug-likeness (QED) is 0.717. The molecule has 0 saturated heterocycles. The maximum absolute atomic E-state index is 11.7. The van der Waals surface area contributed by atoms with Crippen LogP contribution in [0, 0.1) is 5.92 Å². The molecule has 1 rings (SSSR count). The van der Waals surface area contributed by atoms with Crippen LogP contribution in [0.25, 0.3) is 0 Å². The van der Waals surface area contributed by atoms with Crippen LogP contribution >= 0.6 is 0 Å². The van der Waals surface area contributed by atoms with E-state index in [1.807, 2.05) is 0 Å². The summed E-state index contributed by atoms with van der Waals surface area (Å²) >= 11 is 0. The third kappa shape index (κ3) is 5.31. The molecule has 0 aliphatic rings. The molecule has 1 aromatic rings. The van der Waals surface area contributed by atoms with Crippen LogP contribution in [0.5, 0.6) is 0 Å². The fourth-order valence-electron chi connectivity index (χ4n) is 1.44. The van der Waals surface area contributed by atoms with Gasteiger partial charge in [0, 0.05) is 19.2 Å². The van der Waals surface area contributed by atoms with E-state index in [1.165, 1.54) is 4.68 Å². The topological polar surface area (TPSA) is 56.1 Å². The van der Waals surface area contributed by atoms with E-state index in [9.17, 15) is 4.79 Å². The summed E-state index contributed by atoms with van der Waals surface area (Å²) in [5.41, 5.74) is 0.686. The van der Waals surface area contributed by atoms with Crippen molar-refractivity contribution in [2.75, 3.05) is 25.1 Å². The molecule has 0 atom stereocenters. The van der Waals surface area contributed by atoms with Crippen molar-refractivity contribution < 1.29 is 4.74 Å². The zero-order chi connectivity index (χ0) is 13.4. The number of nitrogens with one attached hydrogen (secondary N) is 1. The van der Waals surface area contributed by atoms with Crippen LogP contribution < -0.4 is 10.9 Å². The van der Waals surface area contributed by atoms with E-state index in [1.54, 1.807) is 12.3 Å². The number of rotatable bonds is 8. The molecular formula is C13H23N3O2. The van der Waals surface area contributed by atoms with Gasteiger partial charge in [-0.2, -0.15) is 5.10 Å². The Morgan fingerprint density at radius 2 is 2.28 bits per heavy atom. The first-order valence-electron chi connectivity index (χ1n) is 6.52. The molecule has 0 aliphatic carbocycles. The van der Waals surface area contributed by atoms with Gasteiger partial charge in [-0.15, -0.1) is 0 Å². The van der Waals surface area contributed by atoms with Gasteiger partial charge in [-0.1, -0.05) is 20.8 Å². The summed E-state index contributed by atoms with van der Waals surface area (Å²) in [4.78, 5) is 11.7. The van der Waals surface area contributed by atoms with E-state index in [-0.39, 0.29) is 5.56 Å². The van der Waals surface area contributed by atoms with Crippen LogP contribution in [0.3, 0.4) is 0 Å². The number of anilines is 1. The van der Waals surface area contributed by atoms with Gasteiger partial charge in [-0.3, -0.25) is 4.79 Å². The minimum atomic E-state index is -0.0933. The first-order valence-corrected chi connectivity index (χ1v) is 6.52. The van der Waals surface area contributed by atoms with E-state index in [4.69, 9.17) is 4.74 Å². The van der Waals surface area contributed by atoms with Gasteiger partial charge in [0.1, 0.15) is 0 Å². The maximum atomic E-state index is 11.7. The minimum absolute atomic E-state index is 0.0933. The van der Waals surface area contributed by atoms with Gasteiger partial charge in [-0.05, 0) is 12.3 Å². The smallest absolute Gasteiger partial charge is 0.268 e. The lowest BCUT2D eigenvalue weighted by Gasteiger charge is -2.09. The molecule has 0 aliphatic heterocycles. The van der Waals surface area contributed by atoms with Gasteiger partial charge < -0.3 is 10.1 Å². The zero-order valence-corrected chi connectivity index (χ0v) is 11.5. The Balaban J connectivity index is 2.44. The van der Waals surface area contributed by atoms with Crippen molar-refractivity contribution in [3.05, 3.63) is 22.6 Å². The number of hydrogen-bond acceptors (Lipinski definition) is 4. The average Bonchev–Trinajstić information content (AvgIpc) is 2.33. The van der Waals surface area contributed by atoms with Crippen LogP contribution in [0.4, 0.5) is 5.69 Å². The van der Waals surface area contributed by atoms with E-state index < -0.39 is 0 Å². The molecule has 0 saturated carbocycles. The summed E-state index contributed by atoms with van der Waals surface area (Å²) in [6, 6.07) is 1.57. The Hall–Kier alpha value is -1.36. The normalized spacial score (nSPS) is 10.9. The SMILES string of the molecule is CCCNc1cnn(CCOCC(C)C)c(=O)c1. The fourth-order valence-corrected chi connectivity index (χ4v) is 1.44. The molecule has 0 aromatic carbocycles. The van der Waals surface area contributed by atoms with E-state index in [0.717, 1.165) is 18.7 Å². The van der Waals surface area contributed by atoms with Crippen molar-refractivity contribution in [1.29, 1.82) is 0 Å². The standard InChI is InChI=1S/C13H23N3O2/c1-4-5-14-12-8-13(17)16(15-9-12)6-7-18-10-11(2)3/h8-9,11,14H,4-7,10H2,1-3H3. The molecule has 0 fully saturated rings. The summed E-state index contributed by atoms with van der Waals surface area (Å²) in [5, 5.41) is 7.25. The lowest BCUT2D eigenvalue weighted by molar-refractivity contribution is 0.100. The molecule has 1 aromatic heterocycles. The van der Waals surface area contributed by atoms with Gasteiger partial charge in [0.25, 0.3) is 5.56 Å². The van der Waals surface area contributed by atoms with Crippen LogP contribution in [0.15, 0.2) is 17.1 Å². The van der Waals surface area contributed by atoms with Gasteiger partial charge in [0.15, 0.2) is 0 Å². The maximum Gasteiger partial charge on any atom is 0.268 e. The Morgan fingerprint density at radius 3 is 2.89 bits per heavy atom. The van der Waals surface area contributed by atoms with Gasteiger partial charge in [0.2, 0.25) is 0 Å². The molecule has 1 heterocycles. The van der Waals surface area contributed by atoms with Crippen LogP contribution in [0.2, 0.25) is 0 Å². The van der Waals surface area contributed by atoms with Gasteiger partial charge >= 0.3 is 0 Å². The monoisotopic (exact) mass is 253 g/mol. The lowest BCUT2D eigenvalue weighted by Crippen LogP contribution is -2.25. The highest BCUT2D eigenvalue weighted by molar-refractivity contribution is 5.38. The Bertz CT molecular complexity index is 401. The van der Waals surface area contributed by atoms with Crippen molar-refractivity contribution >= 4 is 5.69 Å². The number of hydrogen-bond donors (Lipinski definition) is 1. The highest BCUT2D eigenvalue weighted by Gasteiger charge is 2.00. The zero-order valence-electron chi connectivity index (χ0n) is 11.5. The second-order valence-electron chi connectivity index (χ2n) is 4.70. The van der Waals surface area contributed by atoms with Crippen LogP contribution in [0.1, 0.15) is 27.2 Å². The molecule has 102 valence electrons. The molecule has 0 radical (unpaired) electrons. The second-order valence-corrected chi connectivity index (χ2v) is 4.70. The summed E-state index contributed by atoms with van der Waals surface area (Å²) in [5.74, 6) is 0.510. The van der Waals surface area contributed by atoms with Crippen molar-refractivity contribution in [1.82, 2.24) is 9.78 Å². The predicted molar refractivity (Wildman–Crippen MR) is 72.9 cm³/mol. The molecule has 5 heteroatoms. The van der Waals surface area contributed by atoms with Crippen molar-refractivity contribution in [2.45, 2.75) is 33.7 Å². The first-order chi connectivity index (χ1) is 8.63. The van der Waals surface area contributed by atoms with E-state index in [2.05, 4.69) is 31.2 Å². The fraction of sp³-hybridized carbons (Fsp3) is 0.692. The summed E-state index contributed by atoms with van der Waals surface area (Å²) in [6.45, 7) is 8.85. The van der Waals surface area contributed by atoms with Crippen molar-refractivity contribution in [3.8, 4) is 0 Å². The molecule has 0 amide bonds. The molecule has 5 nitrogen and oxygen atoms in total. The third-order valence-corrected chi connectivity index (χ3v) is 2.35. The van der Waals surface area contributed by atoms with Crippen molar-refractivity contribution in [3.63, 3.8) is 0 Å². The number of ether oxygens (including phenoxy) is 1. The minimum Gasteiger partial charge on any atom is -0.384 e. The summed E-state index contributed by atoms with van der Waals surface area (Å²) in [7, 11) is 0. The Labute approximate surface area is 108 Å². The van der Waals surface area contributed by atoms with Crippen LogP contribution in [-0.4, -0.2) is 29.5 Å². The van der Waals surface area contributed by atoms with Gasteiger partial charge in [-0.25, -0.2) is 4.68 Å². The highest BCUT2D eigenvalue weighted by atomic mass is 16.5. The van der Waals surface area contributed by atoms with E-state index >= 15 is 0 Å². The highest BCUT2D eigenvalue weighted by Crippen LogP contribution is 1.99. The average molecular weight is 253 g/mol. The number of nitrogens with zero attached hydrogens (tertiary/aromatic N) is 2. The molecule has 0 spiro atoms. The molecular weight excluding hydrogens is 230 g/mol. The first kappa shape index (κ1) is 14.7. The predicted octanol–water partition coefficient (Wildman–Crippen LogP) is 1.74. The second kappa shape index (κ2) is 7.87. The lowest BCUT2D eigenvalue weighted by atomic mass is 10.2. The largest absolute Gasteiger partial charge is 0.384 e. The molecule has 0 bridgehead atoms. The molecule has 18 heavy (non-hydrogen) atoms. The Morgan fingerprint density at radius 1 is 1.50 bits per heavy atom. The Kier molecular flexibility index (Phi) is 6.43. The summed E-state index contributed by atoms with van der Waals surface area (Å²) < 4.78 is 6.86. The third-order valence-electron chi connectivity index (χ3n) is 2.35. The summed E-state index contributed by atoms with van der Waals surface area (Å²) in [6.07, 6.45) is 2.70. The number of aromatic nitrogens is 2. The van der Waals surface area contributed by atoms with Crippen molar-refractivity contribution in [2.24, 2.45) is 5.92 Å². The molecule has 1 N–H and O–H groups in total. The van der Waals surface area contributed by atoms with Gasteiger partial charge in [0.05, 0.1) is 25.0 Å². The van der Waals surface area contributed by atoms with E-state index in [0.29, 0.717) is 25.7 Å².